The molecule has 0 bridgehead atoms. The van der Waals surface area contributed by atoms with Gasteiger partial charge in [0.2, 0.25) is 5.91 Å². The van der Waals surface area contributed by atoms with Gasteiger partial charge in [0.05, 0.1) is 15.6 Å². The predicted octanol–water partition coefficient (Wildman–Crippen LogP) is 4.47. The minimum absolute atomic E-state index is 0.0760. The van der Waals surface area contributed by atoms with Crippen molar-refractivity contribution in [3.05, 3.63) is 100 Å². The summed E-state index contributed by atoms with van der Waals surface area (Å²) >= 11 is 0. The Morgan fingerprint density at radius 2 is 1.67 bits per heavy atom. The van der Waals surface area contributed by atoms with Crippen molar-refractivity contribution in [3.63, 3.8) is 0 Å². The molecular formula is C24H21N3O5S. The zero-order chi connectivity index (χ0) is 23.6. The second-order valence-corrected chi connectivity index (χ2v) is 9.63. The van der Waals surface area contributed by atoms with Crippen molar-refractivity contribution in [1.82, 2.24) is 4.57 Å². The highest BCUT2D eigenvalue weighted by atomic mass is 32.2. The number of anilines is 1. The highest BCUT2D eigenvalue weighted by molar-refractivity contribution is 7.90. The molecule has 3 aromatic carbocycles. The van der Waals surface area contributed by atoms with Crippen LogP contribution in [0.2, 0.25) is 0 Å². The first-order valence-corrected chi connectivity index (χ1v) is 11.8. The fourth-order valence-electron chi connectivity index (χ4n) is 3.67. The topological polar surface area (TPSA) is 111 Å². The fraction of sp³-hybridized carbons (Fsp3) is 0.125. The van der Waals surface area contributed by atoms with Gasteiger partial charge in [0.25, 0.3) is 5.69 Å². The zero-order valence-electron chi connectivity index (χ0n) is 17.8. The molecule has 1 aromatic heterocycles. The zero-order valence-corrected chi connectivity index (χ0v) is 18.6. The molecule has 33 heavy (non-hydrogen) atoms. The van der Waals surface area contributed by atoms with Crippen LogP contribution >= 0.6 is 0 Å². The molecule has 168 valence electrons. The molecule has 9 heteroatoms. The lowest BCUT2D eigenvalue weighted by Crippen LogP contribution is -2.18. The van der Waals surface area contributed by atoms with Gasteiger partial charge in [0.15, 0.2) is 9.84 Å². The maximum absolute atomic E-state index is 13.3. The van der Waals surface area contributed by atoms with E-state index in [0.29, 0.717) is 16.6 Å². The Morgan fingerprint density at radius 1 is 1.00 bits per heavy atom. The smallest absolute Gasteiger partial charge is 0.269 e. The number of nitro benzene ring substituents is 1. The fourth-order valence-corrected chi connectivity index (χ4v) is 5.35. The Morgan fingerprint density at radius 3 is 2.36 bits per heavy atom. The summed E-state index contributed by atoms with van der Waals surface area (Å²) in [5.41, 5.74) is 2.58. The molecule has 0 aliphatic heterocycles. The van der Waals surface area contributed by atoms with E-state index >= 15 is 0 Å². The Hall–Kier alpha value is -3.98. The number of fused-ring (bicyclic) bond motifs is 1. The Kier molecular flexibility index (Phi) is 5.97. The van der Waals surface area contributed by atoms with E-state index in [0.717, 1.165) is 11.1 Å². The molecule has 0 radical (unpaired) electrons. The van der Waals surface area contributed by atoms with Gasteiger partial charge in [0, 0.05) is 34.9 Å². The van der Waals surface area contributed by atoms with Gasteiger partial charge in [-0.25, -0.2) is 8.42 Å². The number of hydrogen-bond acceptors (Lipinski definition) is 5. The Balaban J connectivity index is 1.61. The molecule has 0 saturated heterocycles. The quantitative estimate of drug-likeness (QED) is 0.321. The first-order chi connectivity index (χ1) is 15.7. The Bertz CT molecular complexity index is 1460. The van der Waals surface area contributed by atoms with Crippen molar-refractivity contribution < 1.29 is 18.1 Å². The molecule has 4 rings (SSSR count). The van der Waals surface area contributed by atoms with Gasteiger partial charge in [-0.3, -0.25) is 14.9 Å². The minimum atomic E-state index is -3.67. The molecule has 0 aliphatic carbocycles. The van der Waals surface area contributed by atoms with Crippen LogP contribution in [0, 0.1) is 17.0 Å². The second kappa shape index (κ2) is 8.87. The van der Waals surface area contributed by atoms with Gasteiger partial charge in [-0.2, -0.15) is 0 Å². The highest BCUT2D eigenvalue weighted by Gasteiger charge is 2.23. The van der Waals surface area contributed by atoms with Gasteiger partial charge in [-0.1, -0.05) is 42.5 Å². The number of nitrogens with zero attached hydrogens (tertiary/aromatic N) is 2. The van der Waals surface area contributed by atoms with E-state index in [2.05, 4.69) is 5.32 Å². The molecular weight excluding hydrogens is 442 g/mol. The number of non-ortho nitro benzene ring substituents is 1. The van der Waals surface area contributed by atoms with Crippen molar-refractivity contribution in [2.24, 2.45) is 0 Å². The number of aromatic nitrogens is 1. The number of para-hydroxylation sites is 1. The highest BCUT2D eigenvalue weighted by Crippen LogP contribution is 2.29. The first-order valence-electron chi connectivity index (χ1n) is 10.1. The SMILES string of the molecule is Cc1ccccc1CS(=O)(=O)c1cn(CC(=O)Nc2ccc([N+](=O)[O-])cc2)c2ccccc12. The molecule has 1 amide bonds. The number of aryl methyl sites for hydroxylation is 1. The average Bonchev–Trinajstić information content (AvgIpc) is 3.15. The summed E-state index contributed by atoms with van der Waals surface area (Å²) in [4.78, 5) is 23.1. The van der Waals surface area contributed by atoms with Crippen LogP contribution < -0.4 is 5.32 Å². The normalized spacial score (nSPS) is 11.4. The number of nitro groups is 1. The monoisotopic (exact) mass is 463 g/mol. The number of sulfone groups is 1. The second-order valence-electron chi connectivity index (χ2n) is 7.68. The van der Waals surface area contributed by atoms with E-state index in [9.17, 15) is 23.3 Å². The first kappa shape index (κ1) is 22.2. The van der Waals surface area contributed by atoms with Gasteiger partial charge in [-0.15, -0.1) is 0 Å². The largest absolute Gasteiger partial charge is 0.337 e. The lowest BCUT2D eigenvalue weighted by atomic mass is 10.1. The lowest BCUT2D eigenvalue weighted by Gasteiger charge is -2.07. The summed E-state index contributed by atoms with van der Waals surface area (Å²) in [7, 11) is -3.67. The molecule has 0 fully saturated rings. The van der Waals surface area contributed by atoms with Crippen LogP contribution in [-0.4, -0.2) is 23.8 Å². The van der Waals surface area contributed by atoms with E-state index in [1.54, 1.807) is 34.9 Å². The molecule has 0 atom stereocenters. The Labute approximate surface area is 190 Å². The standard InChI is InChI=1S/C24H21N3O5S/c1-17-6-2-3-7-18(17)16-33(31,32)23-14-26(22-9-5-4-8-21(22)23)15-24(28)25-19-10-12-20(13-11-19)27(29)30/h2-14H,15-16H2,1H3,(H,25,28). The number of hydrogen-bond donors (Lipinski definition) is 1. The summed E-state index contributed by atoms with van der Waals surface area (Å²) in [6.07, 6.45) is 1.49. The predicted molar refractivity (Wildman–Crippen MR) is 126 cm³/mol. The molecule has 0 aliphatic rings. The summed E-state index contributed by atoms with van der Waals surface area (Å²) in [6, 6.07) is 19.9. The third kappa shape index (κ3) is 4.78. The van der Waals surface area contributed by atoms with Crippen LogP contribution in [0.4, 0.5) is 11.4 Å². The number of nitrogens with one attached hydrogen (secondary N) is 1. The van der Waals surface area contributed by atoms with Crippen LogP contribution in [0.5, 0.6) is 0 Å². The van der Waals surface area contributed by atoms with Crippen molar-refractivity contribution in [2.45, 2.75) is 24.1 Å². The minimum Gasteiger partial charge on any atom is -0.337 e. The van der Waals surface area contributed by atoms with Crippen LogP contribution in [0.3, 0.4) is 0 Å². The number of carbonyl (C=O) groups excluding carboxylic acids is 1. The molecule has 1 N–H and O–H groups in total. The molecule has 4 aromatic rings. The average molecular weight is 464 g/mol. The number of rotatable bonds is 7. The van der Waals surface area contributed by atoms with E-state index in [-0.39, 0.29) is 28.8 Å². The van der Waals surface area contributed by atoms with Crippen molar-refractivity contribution in [2.75, 3.05) is 5.32 Å². The van der Waals surface area contributed by atoms with E-state index in [1.165, 1.54) is 30.5 Å². The van der Waals surface area contributed by atoms with Gasteiger partial charge < -0.3 is 9.88 Å². The van der Waals surface area contributed by atoms with Crippen LogP contribution in [0.25, 0.3) is 10.9 Å². The summed E-state index contributed by atoms with van der Waals surface area (Å²) < 4.78 is 28.1. The summed E-state index contributed by atoms with van der Waals surface area (Å²) in [5.74, 6) is -0.518. The third-order valence-electron chi connectivity index (χ3n) is 5.37. The van der Waals surface area contributed by atoms with Gasteiger partial charge in [-0.05, 0) is 36.2 Å². The number of benzene rings is 3. The summed E-state index contributed by atoms with van der Waals surface area (Å²) in [6.45, 7) is 1.76. The van der Waals surface area contributed by atoms with E-state index in [1.807, 2.05) is 25.1 Å². The third-order valence-corrected chi connectivity index (χ3v) is 7.06. The van der Waals surface area contributed by atoms with Gasteiger partial charge in [0.1, 0.15) is 6.54 Å². The van der Waals surface area contributed by atoms with Crippen LogP contribution in [0.1, 0.15) is 11.1 Å². The van der Waals surface area contributed by atoms with Crippen molar-refractivity contribution in [3.8, 4) is 0 Å². The lowest BCUT2D eigenvalue weighted by molar-refractivity contribution is -0.384. The van der Waals surface area contributed by atoms with E-state index in [4.69, 9.17) is 0 Å². The van der Waals surface area contributed by atoms with Crippen molar-refractivity contribution in [1.29, 1.82) is 0 Å². The maximum Gasteiger partial charge on any atom is 0.269 e. The number of carbonyl (C=O) groups is 1. The molecule has 8 nitrogen and oxygen atoms in total. The molecule has 0 spiro atoms. The van der Waals surface area contributed by atoms with E-state index < -0.39 is 14.8 Å². The number of amides is 1. The van der Waals surface area contributed by atoms with Gasteiger partial charge >= 0.3 is 0 Å². The van der Waals surface area contributed by atoms with Crippen LogP contribution in [-0.2, 0) is 26.9 Å². The maximum atomic E-state index is 13.3. The molecule has 0 unspecified atom stereocenters. The van der Waals surface area contributed by atoms with Crippen LogP contribution in [0.15, 0.2) is 83.9 Å². The molecule has 0 saturated carbocycles. The van der Waals surface area contributed by atoms with Crippen molar-refractivity contribution >= 4 is 38.0 Å². The molecule has 1 heterocycles. The summed E-state index contributed by atoms with van der Waals surface area (Å²) in [5, 5.41) is 14.0.